The Morgan fingerprint density at radius 1 is 1.64 bits per heavy atom. The second-order valence-corrected chi connectivity index (χ2v) is 4.59. The number of nitrogens with one attached hydrogen (secondary N) is 1. The van der Waals surface area contributed by atoms with E-state index in [9.17, 15) is 4.79 Å². The fourth-order valence-corrected chi connectivity index (χ4v) is 2.03. The van der Waals surface area contributed by atoms with E-state index in [1.54, 1.807) is 11.3 Å². The minimum Gasteiger partial charge on any atom is -0.368 e. The second-order valence-electron chi connectivity index (χ2n) is 3.56. The second kappa shape index (κ2) is 5.12. The minimum atomic E-state index is -0.285. The molecule has 1 amide bonds. The molecular weight excluding hydrogens is 196 g/mol. The molecule has 0 fully saturated rings. The van der Waals surface area contributed by atoms with Crippen LogP contribution >= 0.6 is 11.3 Å². The van der Waals surface area contributed by atoms with Crippen LogP contribution in [-0.2, 0) is 11.2 Å². The highest BCUT2D eigenvalue weighted by Crippen LogP contribution is 2.11. The molecule has 0 radical (unpaired) electrons. The summed E-state index contributed by atoms with van der Waals surface area (Å²) in [5.41, 5.74) is 5.30. The summed E-state index contributed by atoms with van der Waals surface area (Å²) in [4.78, 5) is 12.3. The van der Waals surface area contributed by atoms with Crippen molar-refractivity contribution >= 4 is 17.2 Å². The van der Waals surface area contributed by atoms with Crippen molar-refractivity contribution in [1.82, 2.24) is 5.32 Å². The van der Waals surface area contributed by atoms with E-state index in [1.165, 1.54) is 4.88 Å². The molecule has 1 aromatic rings. The molecule has 1 rings (SSSR count). The third kappa shape index (κ3) is 3.47. The average molecular weight is 212 g/mol. The van der Waals surface area contributed by atoms with Crippen molar-refractivity contribution in [3.63, 3.8) is 0 Å². The van der Waals surface area contributed by atoms with Crippen LogP contribution in [0.1, 0.15) is 18.7 Å². The summed E-state index contributed by atoms with van der Waals surface area (Å²) in [5.74, 6) is -0.285. The normalized spacial score (nSPS) is 13.1. The van der Waals surface area contributed by atoms with Gasteiger partial charge < -0.3 is 11.1 Å². The molecule has 1 heterocycles. The van der Waals surface area contributed by atoms with E-state index in [0.717, 1.165) is 0 Å². The van der Waals surface area contributed by atoms with Crippen LogP contribution < -0.4 is 11.1 Å². The standard InChI is InChI=1S/C10H16N2OS/c1-7(2)12-9(10(11)13)6-8-4-3-5-14-8/h3-5,7,9,12H,6H2,1-2H3,(H2,11,13)/t9-/m0/s1. The van der Waals surface area contributed by atoms with Gasteiger partial charge in [-0.3, -0.25) is 4.79 Å². The van der Waals surface area contributed by atoms with Gasteiger partial charge in [0.05, 0.1) is 6.04 Å². The molecule has 3 N–H and O–H groups in total. The topological polar surface area (TPSA) is 55.1 Å². The lowest BCUT2D eigenvalue weighted by atomic mass is 10.1. The first-order valence-electron chi connectivity index (χ1n) is 4.67. The molecule has 0 aliphatic carbocycles. The Balaban J connectivity index is 2.56. The number of carbonyl (C=O) groups excluding carboxylic acids is 1. The van der Waals surface area contributed by atoms with Crippen molar-refractivity contribution in [1.29, 1.82) is 0 Å². The van der Waals surface area contributed by atoms with E-state index >= 15 is 0 Å². The van der Waals surface area contributed by atoms with Gasteiger partial charge in [-0.15, -0.1) is 11.3 Å². The van der Waals surface area contributed by atoms with Crippen LogP contribution in [0.15, 0.2) is 17.5 Å². The average Bonchev–Trinajstić information content (AvgIpc) is 2.54. The molecular formula is C10H16N2OS. The zero-order valence-electron chi connectivity index (χ0n) is 8.49. The van der Waals surface area contributed by atoms with Crippen LogP contribution in [0.2, 0.25) is 0 Å². The molecule has 0 saturated heterocycles. The van der Waals surface area contributed by atoms with Crippen molar-refractivity contribution in [2.45, 2.75) is 32.4 Å². The summed E-state index contributed by atoms with van der Waals surface area (Å²) in [7, 11) is 0. The number of hydrogen-bond donors (Lipinski definition) is 2. The van der Waals surface area contributed by atoms with Gasteiger partial charge in [-0.25, -0.2) is 0 Å². The molecule has 0 unspecified atom stereocenters. The van der Waals surface area contributed by atoms with Crippen LogP contribution in [0, 0.1) is 0 Å². The molecule has 0 saturated carbocycles. The predicted octanol–water partition coefficient (Wildman–Crippen LogP) is 1.14. The summed E-state index contributed by atoms with van der Waals surface area (Å²) in [6, 6.07) is 4.01. The van der Waals surface area contributed by atoms with Crippen LogP contribution in [0.5, 0.6) is 0 Å². The van der Waals surface area contributed by atoms with E-state index in [0.29, 0.717) is 6.42 Å². The molecule has 78 valence electrons. The Morgan fingerprint density at radius 3 is 2.79 bits per heavy atom. The summed E-state index contributed by atoms with van der Waals surface area (Å²) in [5, 5.41) is 5.15. The first-order valence-corrected chi connectivity index (χ1v) is 5.55. The molecule has 0 aromatic carbocycles. The van der Waals surface area contributed by atoms with E-state index in [-0.39, 0.29) is 18.0 Å². The molecule has 1 aromatic heterocycles. The van der Waals surface area contributed by atoms with Gasteiger partial charge >= 0.3 is 0 Å². The highest BCUT2D eigenvalue weighted by Gasteiger charge is 2.16. The number of hydrogen-bond acceptors (Lipinski definition) is 3. The highest BCUT2D eigenvalue weighted by molar-refractivity contribution is 7.09. The minimum absolute atomic E-state index is 0.256. The molecule has 14 heavy (non-hydrogen) atoms. The molecule has 0 bridgehead atoms. The fourth-order valence-electron chi connectivity index (χ4n) is 1.27. The summed E-state index contributed by atoms with van der Waals surface area (Å²) >= 11 is 1.65. The Labute approximate surface area is 88.3 Å². The van der Waals surface area contributed by atoms with Gasteiger partial charge in [-0.1, -0.05) is 19.9 Å². The van der Waals surface area contributed by atoms with E-state index < -0.39 is 0 Å². The maximum absolute atomic E-state index is 11.1. The lowest BCUT2D eigenvalue weighted by Gasteiger charge is -2.17. The van der Waals surface area contributed by atoms with Crippen molar-refractivity contribution in [2.75, 3.05) is 0 Å². The molecule has 0 spiro atoms. The SMILES string of the molecule is CC(C)N[C@@H](Cc1cccs1)C(N)=O. The zero-order valence-corrected chi connectivity index (χ0v) is 9.30. The van der Waals surface area contributed by atoms with E-state index in [2.05, 4.69) is 5.32 Å². The number of thiophene rings is 1. The Hall–Kier alpha value is -0.870. The Kier molecular flexibility index (Phi) is 4.10. The quantitative estimate of drug-likeness (QED) is 0.769. The van der Waals surface area contributed by atoms with Crippen LogP contribution in [0.4, 0.5) is 0 Å². The van der Waals surface area contributed by atoms with Crippen LogP contribution in [0.3, 0.4) is 0 Å². The largest absolute Gasteiger partial charge is 0.368 e. The summed E-state index contributed by atoms with van der Waals surface area (Å²) in [6.45, 7) is 4.01. The maximum atomic E-state index is 11.1. The molecule has 0 aliphatic heterocycles. The Bertz CT molecular complexity index is 282. The van der Waals surface area contributed by atoms with Crippen LogP contribution in [-0.4, -0.2) is 18.0 Å². The maximum Gasteiger partial charge on any atom is 0.234 e. The van der Waals surface area contributed by atoms with Gasteiger partial charge in [0.15, 0.2) is 0 Å². The lowest BCUT2D eigenvalue weighted by molar-refractivity contribution is -0.120. The van der Waals surface area contributed by atoms with Crippen molar-refractivity contribution in [2.24, 2.45) is 5.73 Å². The monoisotopic (exact) mass is 212 g/mol. The predicted molar refractivity (Wildman–Crippen MR) is 59.3 cm³/mol. The number of primary amides is 1. The fraction of sp³-hybridized carbons (Fsp3) is 0.500. The number of rotatable bonds is 5. The van der Waals surface area contributed by atoms with Crippen molar-refractivity contribution < 1.29 is 4.79 Å². The van der Waals surface area contributed by atoms with Gasteiger partial charge in [0.1, 0.15) is 0 Å². The highest BCUT2D eigenvalue weighted by atomic mass is 32.1. The lowest BCUT2D eigenvalue weighted by Crippen LogP contribution is -2.45. The first-order chi connectivity index (χ1) is 6.59. The van der Waals surface area contributed by atoms with Crippen molar-refractivity contribution in [3.8, 4) is 0 Å². The van der Waals surface area contributed by atoms with Crippen LogP contribution in [0.25, 0.3) is 0 Å². The molecule has 0 aliphatic rings. The summed E-state index contributed by atoms with van der Waals surface area (Å²) < 4.78 is 0. The van der Waals surface area contributed by atoms with Gasteiger partial charge in [0.25, 0.3) is 0 Å². The molecule has 3 nitrogen and oxygen atoms in total. The third-order valence-electron chi connectivity index (χ3n) is 1.86. The van der Waals surface area contributed by atoms with Gasteiger partial charge in [-0.05, 0) is 11.4 Å². The van der Waals surface area contributed by atoms with Gasteiger partial charge in [0, 0.05) is 17.3 Å². The molecule has 4 heteroatoms. The van der Waals surface area contributed by atoms with E-state index in [1.807, 2.05) is 31.4 Å². The number of nitrogens with two attached hydrogens (primary N) is 1. The third-order valence-corrected chi connectivity index (χ3v) is 2.76. The van der Waals surface area contributed by atoms with Gasteiger partial charge in [-0.2, -0.15) is 0 Å². The molecule has 1 atom stereocenters. The van der Waals surface area contributed by atoms with Crippen molar-refractivity contribution in [3.05, 3.63) is 22.4 Å². The van der Waals surface area contributed by atoms with Gasteiger partial charge in [0.2, 0.25) is 5.91 Å². The number of amides is 1. The first kappa shape index (κ1) is 11.2. The zero-order chi connectivity index (χ0) is 10.6. The smallest absolute Gasteiger partial charge is 0.234 e. The Morgan fingerprint density at radius 2 is 2.36 bits per heavy atom. The summed E-state index contributed by atoms with van der Waals surface area (Å²) in [6.07, 6.45) is 0.686. The number of carbonyl (C=O) groups is 1. The van der Waals surface area contributed by atoms with E-state index in [4.69, 9.17) is 5.73 Å².